The number of hydrogen-bond acceptors (Lipinski definition) is 2. The summed E-state index contributed by atoms with van der Waals surface area (Å²) < 4.78 is 37.3. The molecule has 0 atom stereocenters. The number of carbonyl (C=O) groups is 1. The monoisotopic (exact) mass is 279 g/mol. The van der Waals surface area contributed by atoms with Crippen molar-refractivity contribution >= 4 is 5.78 Å². The molecule has 0 bridgehead atoms. The molecule has 1 heterocycles. The molecule has 2 rings (SSSR count). The minimum Gasteiger partial charge on any atom is -0.287 e. The molecule has 1 aromatic heterocycles. The Hall–Kier alpha value is -2.17. The summed E-state index contributed by atoms with van der Waals surface area (Å²) in [7, 11) is 0. The van der Waals surface area contributed by atoms with E-state index < -0.39 is 11.7 Å². The van der Waals surface area contributed by atoms with Gasteiger partial charge >= 0.3 is 6.18 Å². The standard InChI is InChI=1S/C15H12F3NO/c1-9-5-10(2)7-11(6-9)14(20)13-4-3-12(8-19-13)15(16,17)18/h3-8H,1-2H3. The van der Waals surface area contributed by atoms with E-state index in [1.165, 1.54) is 0 Å². The van der Waals surface area contributed by atoms with Crippen molar-refractivity contribution in [2.24, 2.45) is 0 Å². The van der Waals surface area contributed by atoms with E-state index in [1.54, 1.807) is 12.1 Å². The van der Waals surface area contributed by atoms with Crippen LogP contribution in [-0.4, -0.2) is 10.8 Å². The van der Waals surface area contributed by atoms with E-state index in [1.807, 2.05) is 19.9 Å². The first-order valence-corrected chi connectivity index (χ1v) is 5.93. The molecule has 0 amide bonds. The maximum absolute atomic E-state index is 12.4. The number of nitrogens with zero attached hydrogens (tertiary/aromatic N) is 1. The smallest absolute Gasteiger partial charge is 0.287 e. The number of ketones is 1. The quantitative estimate of drug-likeness (QED) is 0.779. The molecule has 0 radical (unpaired) electrons. The van der Waals surface area contributed by atoms with Gasteiger partial charge in [0.15, 0.2) is 0 Å². The van der Waals surface area contributed by atoms with Crippen molar-refractivity contribution < 1.29 is 18.0 Å². The maximum Gasteiger partial charge on any atom is 0.417 e. The van der Waals surface area contributed by atoms with Crippen molar-refractivity contribution in [1.82, 2.24) is 4.98 Å². The third kappa shape index (κ3) is 3.04. The Labute approximate surface area is 114 Å². The van der Waals surface area contributed by atoms with Crippen LogP contribution in [0.5, 0.6) is 0 Å². The average Bonchev–Trinajstić information content (AvgIpc) is 2.36. The molecule has 0 aliphatic heterocycles. The van der Waals surface area contributed by atoms with Gasteiger partial charge in [-0.3, -0.25) is 9.78 Å². The molecule has 0 saturated carbocycles. The van der Waals surface area contributed by atoms with Crippen LogP contribution in [0, 0.1) is 13.8 Å². The molecule has 104 valence electrons. The largest absolute Gasteiger partial charge is 0.417 e. The molecule has 0 fully saturated rings. The highest BCUT2D eigenvalue weighted by Gasteiger charge is 2.30. The molecule has 0 spiro atoms. The summed E-state index contributed by atoms with van der Waals surface area (Å²) in [5, 5.41) is 0. The Morgan fingerprint density at radius 2 is 1.65 bits per heavy atom. The van der Waals surface area contributed by atoms with Crippen LogP contribution < -0.4 is 0 Å². The number of pyridine rings is 1. The molecular formula is C15H12F3NO. The van der Waals surface area contributed by atoms with E-state index in [4.69, 9.17) is 0 Å². The summed E-state index contributed by atoms with van der Waals surface area (Å²) in [6, 6.07) is 7.26. The number of rotatable bonds is 2. The number of aromatic nitrogens is 1. The zero-order valence-corrected chi connectivity index (χ0v) is 11.0. The second-order valence-corrected chi connectivity index (χ2v) is 4.64. The number of alkyl halides is 3. The molecular weight excluding hydrogens is 267 g/mol. The third-order valence-corrected chi connectivity index (χ3v) is 2.81. The van der Waals surface area contributed by atoms with Gasteiger partial charge in [-0.15, -0.1) is 0 Å². The summed E-state index contributed by atoms with van der Waals surface area (Å²) in [6.07, 6.45) is -3.77. The lowest BCUT2D eigenvalue weighted by molar-refractivity contribution is -0.137. The van der Waals surface area contributed by atoms with Gasteiger partial charge in [-0.1, -0.05) is 17.2 Å². The summed E-state index contributed by atoms with van der Waals surface area (Å²) in [4.78, 5) is 15.8. The number of halogens is 3. The Morgan fingerprint density at radius 1 is 1.05 bits per heavy atom. The van der Waals surface area contributed by atoms with Crippen LogP contribution in [0.15, 0.2) is 36.5 Å². The van der Waals surface area contributed by atoms with Gasteiger partial charge in [0.25, 0.3) is 0 Å². The molecule has 0 saturated heterocycles. The highest BCUT2D eigenvalue weighted by atomic mass is 19.4. The maximum atomic E-state index is 12.4. The summed E-state index contributed by atoms with van der Waals surface area (Å²) in [6.45, 7) is 3.70. The van der Waals surface area contributed by atoms with E-state index in [-0.39, 0.29) is 11.5 Å². The summed E-state index contributed by atoms with van der Waals surface area (Å²) in [5.41, 5.74) is 1.40. The van der Waals surface area contributed by atoms with Gasteiger partial charge in [0, 0.05) is 11.8 Å². The second-order valence-electron chi connectivity index (χ2n) is 4.64. The number of benzene rings is 1. The predicted octanol–water partition coefficient (Wildman–Crippen LogP) is 3.95. The topological polar surface area (TPSA) is 30.0 Å². The van der Waals surface area contributed by atoms with Crippen molar-refractivity contribution in [3.63, 3.8) is 0 Å². The Balaban J connectivity index is 2.34. The number of hydrogen-bond donors (Lipinski definition) is 0. The molecule has 2 nitrogen and oxygen atoms in total. The fourth-order valence-corrected chi connectivity index (χ4v) is 1.95. The van der Waals surface area contributed by atoms with Crippen LogP contribution in [0.2, 0.25) is 0 Å². The summed E-state index contributed by atoms with van der Waals surface area (Å²) in [5.74, 6) is -0.384. The highest BCUT2D eigenvalue weighted by Crippen LogP contribution is 2.28. The van der Waals surface area contributed by atoms with Crippen molar-refractivity contribution in [3.05, 3.63) is 64.5 Å². The average molecular weight is 279 g/mol. The summed E-state index contributed by atoms with van der Waals surface area (Å²) >= 11 is 0. The number of carbonyl (C=O) groups excluding carboxylic acids is 1. The van der Waals surface area contributed by atoms with Crippen LogP contribution in [0.4, 0.5) is 13.2 Å². The van der Waals surface area contributed by atoms with Gasteiger partial charge in [-0.2, -0.15) is 13.2 Å². The molecule has 0 aliphatic rings. The van der Waals surface area contributed by atoms with E-state index in [0.717, 1.165) is 23.3 Å². The van der Waals surface area contributed by atoms with Crippen molar-refractivity contribution in [2.75, 3.05) is 0 Å². The van der Waals surface area contributed by atoms with E-state index in [9.17, 15) is 18.0 Å². The van der Waals surface area contributed by atoms with E-state index >= 15 is 0 Å². The van der Waals surface area contributed by atoms with Crippen molar-refractivity contribution in [3.8, 4) is 0 Å². The first kappa shape index (κ1) is 14.2. The second kappa shape index (κ2) is 5.07. The van der Waals surface area contributed by atoms with E-state index in [2.05, 4.69) is 4.98 Å². The Morgan fingerprint density at radius 3 is 2.10 bits per heavy atom. The van der Waals surface area contributed by atoms with Gasteiger partial charge in [0.2, 0.25) is 5.78 Å². The first-order valence-electron chi connectivity index (χ1n) is 5.93. The lowest BCUT2D eigenvalue weighted by Crippen LogP contribution is -2.09. The molecule has 0 N–H and O–H groups in total. The highest BCUT2D eigenvalue weighted by molar-refractivity contribution is 6.07. The normalized spacial score (nSPS) is 11.4. The van der Waals surface area contributed by atoms with Gasteiger partial charge < -0.3 is 0 Å². The Kier molecular flexibility index (Phi) is 3.61. The number of aryl methyl sites for hydroxylation is 2. The van der Waals surface area contributed by atoms with Crippen LogP contribution in [0.1, 0.15) is 32.7 Å². The van der Waals surface area contributed by atoms with Crippen LogP contribution in [0.3, 0.4) is 0 Å². The van der Waals surface area contributed by atoms with Gasteiger partial charge in [-0.05, 0) is 38.1 Å². The van der Waals surface area contributed by atoms with Crippen molar-refractivity contribution in [1.29, 1.82) is 0 Å². The molecule has 20 heavy (non-hydrogen) atoms. The molecule has 1 aromatic carbocycles. The van der Waals surface area contributed by atoms with Gasteiger partial charge in [-0.25, -0.2) is 0 Å². The van der Waals surface area contributed by atoms with Crippen LogP contribution >= 0.6 is 0 Å². The van der Waals surface area contributed by atoms with Crippen LogP contribution in [-0.2, 0) is 6.18 Å². The fourth-order valence-electron chi connectivity index (χ4n) is 1.95. The molecule has 0 unspecified atom stereocenters. The zero-order chi connectivity index (χ0) is 14.9. The van der Waals surface area contributed by atoms with Gasteiger partial charge in [0.1, 0.15) is 5.69 Å². The van der Waals surface area contributed by atoms with Crippen molar-refractivity contribution in [2.45, 2.75) is 20.0 Å². The SMILES string of the molecule is Cc1cc(C)cc(C(=O)c2ccc(C(F)(F)F)cn2)c1. The lowest BCUT2D eigenvalue weighted by Gasteiger charge is -2.07. The fraction of sp³-hybridized carbons (Fsp3) is 0.200. The molecule has 0 aliphatic carbocycles. The predicted molar refractivity (Wildman–Crippen MR) is 68.6 cm³/mol. The molecule has 5 heteroatoms. The first-order chi connectivity index (χ1) is 9.27. The minimum absolute atomic E-state index is 0.00278. The zero-order valence-electron chi connectivity index (χ0n) is 11.0. The van der Waals surface area contributed by atoms with Crippen LogP contribution in [0.25, 0.3) is 0 Å². The Bertz CT molecular complexity index is 625. The third-order valence-electron chi connectivity index (χ3n) is 2.81. The minimum atomic E-state index is -4.45. The lowest BCUT2D eigenvalue weighted by atomic mass is 10.0. The van der Waals surface area contributed by atoms with Gasteiger partial charge in [0.05, 0.1) is 5.56 Å². The molecule has 2 aromatic rings. The van der Waals surface area contributed by atoms with E-state index in [0.29, 0.717) is 11.8 Å².